The lowest BCUT2D eigenvalue weighted by molar-refractivity contribution is 0.102. The lowest BCUT2D eigenvalue weighted by atomic mass is 10.1. The van der Waals surface area contributed by atoms with E-state index in [1.54, 1.807) is 55.8 Å². The highest BCUT2D eigenvalue weighted by Crippen LogP contribution is 2.31. The number of rotatable bonds is 10. The monoisotopic (exact) mass is 556 g/mol. The highest BCUT2D eigenvalue weighted by Gasteiger charge is 2.17. The Morgan fingerprint density at radius 3 is 2.10 bits per heavy atom. The highest BCUT2D eigenvalue weighted by atomic mass is 16.5. The number of nitrogens with one attached hydrogen (secondary N) is 2. The number of aromatic nitrogens is 3. The molecule has 0 saturated carbocycles. The minimum Gasteiger partial charge on any atom is -0.497 e. The van der Waals surface area contributed by atoms with Crippen LogP contribution in [0.3, 0.4) is 0 Å². The Balaban J connectivity index is 1.39. The van der Waals surface area contributed by atoms with Crippen molar-refractivity contribution in [3.63, 3.8) is 0 Å². The second-order valence-corrected chi connectivity index (χ2v) is 9.32. The molecule has 1 aliphatic heterocycles. The van der Waals surface area contributed by atoms with E-state index in [0.717, 1.165) is 24.6 Å². The van der Waals surface area contributed by atoms with Crippen LogP contribution in [0.5, 0.6) is 28.9 Å². The molecule has 1 saturated heterocycles. The van der Waals surface area contributed by atoms with Crippen molar-refractivity contribution in [3.05, 3.63) is 72.6 Å². The molecule has 212 valence electrons. The number of pyridine rings is 1. The first kappa shape index (κ1) is 27.5. The predicted octanol–water partition coefficient (Wildman–Crippen LogP) is 5.68. The SMILES string of the molecule is COc1ccc(Oc2nc(Nc3ccc(N4CCCCC4)nc3)ncc2NC(=O)c2cc(OC)cc(OC)c2)cc1. The molecular formula is C30H32N6O5. The molecule has 0 unspecified atom stereocenters. The smallest absolute Gasteiger partial charge is 0.256 e. The van der Waals surface area contributed by atoms with Gasteiger partial charge in [0.1, 0.15) is 34.5 Å². The van der Waals surface area contributed by atoms with Crippen LogP contribution in [0.25, 0.3) is 0 Å². The van der Waals surface area contributed by atoms with Gasteiger partial charge in [-0.25, -0.2) is 9.97 Å². The van der Waals surface area contributed by atoms with Crippen LogP contribution in [0.15, 0.2) is 67.0 Å². The number of ether oxygens (including phenoxy) is 4. The van der Waals surface area contributed by atoms with Crippen molar-refractivity contribution in [2.75, 3.05) is 50.0 Å². The number of anilines is 4. The first-order valence-electron chi connectivity index (χ1n) is 13.3. The van der Waals surface area contributed by atoms with Crippen molar-refractivity contribution in [1.29, 1.82) is 0 Å². The molecule has 11 nitrogen and oxygen atoms in total. The molecule has 0 bridgehead atoms. The van der Waals surface area contributed by atoms with E-state index in [2.05, 4.69) is 30.5 Å². The molecule has 2 aromatic heterocycles. The molecule has 2 aromatic carbocycles. The number of nitrogens with zero attached hydrogens (tertiary/aromatic N) is 4. The summed E-state index contributed by atoms with van der Waals surface area (Å²) < 4.78 is 21.9. The Hall–Kier alpha value is -5.06. The lowest BCUT2D eigenvalue weighted by Gasteiger charge is -2.27. The van der Waals surface area contributed by atoms with Gasteiger partial charge in [-0.15, -0.1) is 0 Å². The Morgan fingerprint density at radius 1 is 0.780 bits per heavy atom. The van der Waals surface area contributed by atoms with E-state index in [1.807, 2.05) is 12.1 Å². The lowest BCUT2D eigenvalue weighted by Crippen LogP contribution is -2.29. The van der Waals surface area contributed by atoms with Gasteiger partial charge in [0.2, 0.25) is 11.8 Å². The third-order valence-electron chi connectivity index (χ3n) is 6.57. The molecule has 1 fully saturated rings. The zero-order valence-corrected chi connectivity index (χ0v) is 23.2. The minimum absolute atomic E-state index is 0.147. The van der Waals surface area contributed by atoms with Crippen molar-refractivity contribution in [3.8, 4) is 28.9 Å². The largest absolute Gasteiger partial charge is 0.497 e. The molecule has 0 radical (unpaired) electrons. The first-order chi connectivity index (χ1) is 20.0. The topological polar surface area (TPSA) is 120 Å². The van der Waals surface area contributed by atoms with E-state index >= 15 is 0 Å². The zero-order valence-electron chi connectivity index (χ0n) is 23.2. The third kappa shape index (κ3) is 6.93. The summed E-state index contributed by atoms with van der Waals surface area (Å²) >= 11 is 0. The molecular weight excluding hydrogens is 524 g/mol. The zero-order chi connectivity index (χ0) is 28.6. The summed E-state index contributed by atoms with van der Waals surface area (Å²) in [6, 6.07) is 15.9. The number of benzene rings is 2. The highest BCUT2D eigenvalue weighted by molar-refractivity contribution is 6.05. The average Bonchev–Trinajstić information content (AvgIpc) is 3.03. The quantitative estimate of drug-likeness (QED) is 0.253. The van der Waals surface area contributed by atoms with Crippen LogP contribution in [0.4, 0.5) is 23.1 Å². The summed E-state index contributed by atoms with van der Waals surface area (Å²) in [6.45, 7) is 2.04. The van der Waals surface area contributed by atoms with Gasteiger partial charge in [0, 0.05) is 24.7 Å². The van der Waals surface area contributed by atoms with E-state index in [-0.39, 0.29) is 17.5 Å². The van der Waals surface area contributed by atoms with Crippen LogP contribution in [0.1, 0.15) is 29.6 Å². The molecule has 5 rings (SSSR count). The minimum atomic E-state index is -0.413. The van der Waals surface area contributed by atoms with E-state index in [9.17, 15) is 4.79 Å². The number of hydrogen-bond acceptors (Lipinski definition) is 10. The number of methoxy groups -OCH3 is 3. The van der Waals surface area contributed by atoms with E-state index in [4.69, 9.17) is 18.9 Å². The molecule has 41 heavy (non-hydrogen) atoms. The van der Waals surface area contributed by atoms with Crippen LogP contribution in [-0.4, -0.2) is 55.3 Å². The number of carbonyl (C=O) groups excluding carboxylic acids is 1. The molecule has 3 heterocycles. The maximum absolute atomic E-state index is 13.2. The van der Waals surface area contributed by atoms with Gasteiger partial charge in [0.25, 0.3) is 5.91 Å². The number of hydrogen-bond donors (Lipinski definition) is 2. The van der Waals surface area contributed by atoms with Gasteiger partial charge in [0.05, 0.1) is 39.4 Å². The van der Waals surface area contributed by atoms with Crippen LogP contribution >= 0.6 is 0 Å². The van der Waals surface area contributed by atoms with Crippen molar-refractivity contribution >= 4 is 29.0 Å². The molecule has 1 amide bonds. The van der Waals surface area contributed by atoms with Crippen molar-refractivity contribution in [2.45, 2.75) is 19.3 Å². The second kappa shape index (κ2) is 12.9. The molecule has 1 aliphatic rings. The van der Waals surface area contributed by atoms with Crippen LogP contribution in [-0.2, 0) is 0 Å². The average molecular weight is 557 g/mol. The Bertz CT molecular complexity index is 1450. The Morgan fingerprint density at radius 2 is 1.46 bits per heavy atom. The number of piperidine rings is 1. The van der Waals surface area contributed by atoms with Gasteiger partial charge in [-0.3, -0.25) is 4.79 Å². The van der Waals surface area contributed by atoms with Crippen molar-refractivity contribution in [1.82, 2.24) is 15.0 Å². The fraction of sp³-hybridized carbons (Fsp3) is 0.267. The van der Waals surface area contributed by atoms with Crippen LogP contribution in [0.2, 0.25) is 0 Å². The molecule has 0 atom stereocenters. The van der Waals surface area contributed by atoms with Gasteiger partial charge >= 0.3 is 0 Å². The molecule has 0 aliphatic carbocycles. The summed E-state index contributed by atoms with van der Waals surface area (Å²) in [5.74, 6) is 3.12. The standard InChI is InChI=1S/C30H32N6O5/c1-38-22-8-10-23(11-9-22)41-29-26(34-28(37)20-15-24(39-2)17-25(16-20)40-3)19-32-30(35-29)33-21-7-12-27(31-18-21)36-13-5-4-6-14-36/h7-12,15-19H,4-6,13-14H2,1-3H3,(H,34,37)(H,32,33,35). The molecule has 4 aromatic rings. The molecule has 2 N–H and O–H groups in total. The maximum Gasteiger partial charge on any atom is 0.256 e. The van der Waals surface area contributed by atoms with Crippen LogP contribution in [0, 0.1) is 0 Å². The number of carbonyl (C=O) groups is 1. The van der Waals surface area contributed by atoms with Crippen molar-refractivity contribution in [2.24, 2.45) is 0 Å². The summed E-state index contributed by atoms with van der Waals surface area (Å²) in [6.07, 6.45) is 6.86. The summed E-state index contributed by atoms with van der Waals surface area (Å²) in [7, 11) is 4.63. The molecule has 0 spiro atoms. The Labute approximate surface area is 238 Å². The maximum atomic E-state index is 13.2. The third-order valence-corrected chi connectivity index (χ3v) is 6.57. The van der Waals surface area contributed by atoms with Gasteiger partial charge in [-0.05, 0) is 67.8 Å². The Kier molecular flexibility index (Phi) is 8.63. The van der Waals surface area contributed by atoms with Gasteiger partial charge in [0.15, 0.2) is 0 Å². The predicted molar refractivity (Wildman–Crippen MR) is 156 cm³/mol. The van der Waals surface area contributed by atoms with E-state index in [1.165, 1.54) is 39.7 Å². The second-order valence-electron chi connectivity index (χ2n) is 9.32. The first-order valence-corrected chi connectivity index (χ1v) is 13.3. The molecule has 11 heteroatoms. The fourth-order valence-corrected chi connectivity index (χ4v) is 4.38. The van der Waals surface area contributed by atoms with Crippen molar-refractivity contribution < 1.29 is 23.7 Å². The van der Waals surface area contributed by atoms with Crippen LogP contribution < -0.4 is 34.5 Å². The van der Waals surface area contributed by atoms with Gasteiger partial charge < -0.3 is 34.5 Å². The summed E-state index contributed by atoms with van der Waals surface area (Å²) in [5, 5.41) is 6.01. The van der Waals surface area contributed by atoms with Gasteiger partial charge in [-0.2, -0.15) is 4.98 Å². The van der Waals surface area contributed by atoms with Gasteiger partial charge in [-0.1, -0.05) is 0 Å². The fourth-order valence-electron chi connectivity index (χ4n) is 4.38. The number of amides is 1. The summed E-state index contributed by atoms with van der Waals surface area (Å²) in [4.78, 5) is 29.1. The van der Waals surface area contributed by atoms with E-state index in [0.29, 0.717) is 28.6 Å². The van der Waals surface area contributed by atoms with E-state index < -0.39 is 5.91 Å². The normalized spacial score (nSPS) is 12.8. The summed E-state index contributed by atoms with van der Waals surface area (Å²) in [5.41, 5.74) is 1.33.